The lowest BCUT2D eigenvalue weighted by atomic mass is 9.92. The first-order chi connectivity index (χ1) is 7.66. The maximum absolute atomic E-state index is 9.52. The van der Waals surface area contributed by atoms with Gasteiger partial charge < -0.3 is 5.11 Å². The minimum Gasteiger partial charge on any atom is -0.393 e. The summed E-state index contributed by atoms with van der Waals surface area (Å²) in [6, 6.07) is 0. The van der Waals surface area contributed by atoms with E-state index >= 15 is 0 Å². The molecule has 5 heteroatoms. The van der Waals surface area contributed by atoms with Crippen LogP contribution in [0.3, 0.4) is 0 Å². The molecule has 1 aliphatic heterocycles. The standard InChI is InChI=1S/C11H20N4O/c1-9(16)10-3-5-15(6-4-10)7-11-12-8-13-14(11)2/h8-10,16H,3-7H2,1-2H3. The SMILES string of the molecule is CC(O)C1CCN(Cc2ncnn2C)CC1. The molecular formula is C11H20N4O. The highest BCUT2D eigenvalue weighted by Gasteiger charge is 2.23. The zero-order chi connectivity index (χ0) is 11.5. The molecule has 0 amide bonds. The number of aromatic nitrogens is 3. The molecule has 1 N–H and O–H groups in total. The molecule has 90 valence electrons. The van der Waals surface area contributed by atoms with E-state index in [1.54, 1.807) is 6.33 Å². The number of nitrogens with zero attached hydrogens (tertiary/aromatic N) is 4. The van der Waals surface area contributed by atoms with Crippen molar-refractivity contribution in [1.82, 2.24) is 19.7 Å². The second kappa shape index (κ2) is 4.93. The molecule has 0 aliphatic carbocycles. The topological polar surface area (TPSA) is 54.2 Å². The number of aliphatic hydroxyl groups is 1. The molecule has 2 rings (SSSR count). The van der Waals surface area contributed by atoms with Crippen LogP contribution in [0.25, 0.3) is 0 Å². The molecule has 1 aliphatic rings. The zero-order valence-corrected chi connectivity index (χ0v) is 10.0. The average molecular weight is 224 g/mol. The lowest BCUT2D eigenvalue weighted by Crippen LogP contribution is -2.37. The first-order valence-corrected chi connectivity index (χ1v) is 5.90. The molecule has 1 saturated heterocycles. The molecule has 16 heavy (non-hydrogen) atoms. The summed E-state index contributed by atoms with van der Waals surface area (Å²) in [6.07, 6.45) is 3.58. The van der Waals surface area contributed by atoms with E-state index < -0.39 is 0 Å². The third-order valence-electron chi connectivity index (χ3n) is 3.48. The maximum Gasteiger partial charge on any atom is 0.140 e. The van der Waals surface area contributed by atoms with Gasteiger partial charge in [0.2, 0.25) is 0 Å². The average Bonchev–Trinajstić information content (AvgIpc) is 2.65. The summed E-state index contributed by atoms with van der Waals surface area (Å²) < 4.78 is 1.82. The van der Waals surface area contributed by atoms with Crippen LogP contribution >= 0.6 is 0 Å². The predicted molar refractivity (Wildman–Crippen MR) is 60.7 cm³/mol. The first kappa shape index (κ1) is 11.5. The van der Waals surface area contributed by atoms with Crippen LogP contribution in [0.5, 0.6) is 0 Å². The van der Waals surface area contributed by atoms with Crippen LogP contribution in [-0.2, 0) is 13.6 Å². The Labute approximate surface area is 96.1 Å². The summed E-state index contributed by atoms with van der Waals surface area (Å²) >= 11 is 0. The quantitative estimate of drug-likeness (QED) is 0.808. The van der Waals surface area contributed by atoms with Gasteiger partial charge in [-0.1, -0.05) is 0 Å². The highest BCUT2D eigenvalue weighted by Crippen LogP contribution is 2.21. The fraction of sp³-hybridized carbons (Fsp3) is 0.818. The summed E-state index contributed by atoms with van der Waals surface area (Å²) in [4.78, 5) is 6.60. The maximum atomic E-state index is 9.52. The molecule has 1 aromatic rings. The molecule has 1 fully saturated rings. The minimum absolute atomic E-state index is 0.169. The van der Waals surface area contributed by atoms with Gasteiger partial charge in [-0.05, 0) is 38.8 Å². The lowest BCUT2D eigenvalue weighted by molar-refractivity contribution is 0.0683. The molecule has 0 radical (unpaired) electrons. The number of hydrogen-bond donors (Lipinski definition) is 1. The largest absolute Gasteiger partial charge is 0.393 e. The molecule has 0 aromatic carbocycles. The first-order valence-electron chi connectivity index (χ1n) is 5.90. The number of aliphatic hydroxyl groups excluding tert-OH is 1. The van der Waals surface area contributed by atoms with Gasteiger partial charge in [-0.3, -0.25) is 9.58 Å². The van der Waals surface area contributed by atoms with Crippen LogP contribution in [0.4, 0.5) is 0 Å². The highest BCUT2D eigenvalue weighted by atomic mass is 16.3. The fourth-order valence-corrected chi connectivity index (χ4v) is 2.26. The number of piperidine rings is 1. The number of aryl methyl sites for hydroxylation is 1. The molecule has 1 atom stereocenters. The van der Waals surface area contributed by atoms with Crippen LogP contribution < -0.4 is 0 Å². The van der Waals surface area contributed by atoms with E-state index in [1.165, 1.54) is 0 Å². The minimum atomic E-state index is -0.169. The van der Waals surface area contributed by atoms with Crippen molar-refractivity contribution < 1.29 is 5.11 Å². The molecule has 1 aromatic heterocycles. The van der Waals surface area contributed by atoms with Gasteiger partial charge >= 0.3 is 0 Å². The van der Waals surface area contributed by atoms with Crippen LogP contribution in [0.2, 0.25) is 0 Å². The number of rotatable bonds is 3. The molecule has 1 unspecified atom stereocenters. The number of hydrogen-bond acceptors (Lipinski definition) is 4. The smallest absolute Gasteiger partial charge is 0.140 e. The summed E-state index contributed by atoms with van der Waals surface area (Å²) in [5.41, 5.74) is 0. The monoisotopic (exact) mass is 224 g/mol. The van der Waals surface area contributed by atoms with E-state index in [4.69, 9.17) is 0 Å². The van der Waals surface area contributed by atoms with Crippen molar-refractivity contribution in [2.45, 2.75) is 32.4 Å². The lowest BCUT2D eigenvalue weighted by Gasteiger charge is -2.32. The predicted octanol–water partition coefficient (Wildman–Crippen LogP) is 0.408. The molecular weight excluding hydrogens is 204 g/mol. The Morgan fingerprint density at radius 1 is 1.50 bits per heavy atom. The summed E-state index contributed by atoms with van der Waals surface area (Å²) in [7, 11) is 1.92. The van der Waals surface area contributed by atoms with E-state index in [0.29, 0.717) is 5.92 Å². The Hall–Kier alpha value is -0.940. The molecule has 2 heterocycles. The Kier molecular flexibility index (Phi) is 3.56. The second-order valence-corrected chi connectivity index (χ2v) is 4.65. The van der Waals surface area contributed by atoms with E-state index in [9.17, 15) is 5.11 Å². The Balaban J connectivity index is 1.84. The third kappa shape index (κ3) is 2.59. The van der Waals surface area contributed by atoms with E-state index in [2.05, 4.69) is 15.0 Å². The van der Waals surface area contributed by atoms with Crippen molar-refractivity contribution in [3.8, 4) is 0 Å². The van der Waals surface area contributed by atoms with Gasteiger partial charge in [0.05, 0.1) is 12.6 Å². The number of likely N-dealkylation sites (tertiary alicyclic amines) is 1. The van der Waals surface area contributed by atoms with Gasteiger partial charge in [-0.15, -0.1) is 0 Å². The van der Waals surface area contributed by atoms with Crippen molar-refractivity contribution in [3.05, 3.63) is 12.2 Å². The fourth-order valence-electron chi connectivity index (χ4n) is 2.26. The van der Waals surface area contributed by atoms with Gasteiger partial charge in [0.15, 0.2) is 0 Å². The van der Waals surface area contributed by atoms with Gasteiger partial charge in [0.1, 0.15) is 12.2 Å². The molecule has 0 spiro atoms. The van der Waals surface area contributed by atoms with Crippen molar-refractivity contribution in [3.63, 3.8) is 0 Å². The Morgan fingerprint density at radius 2 is 2.19 bits per heavy atom. The van der Waals surface area contributed by atoms with Crippen LogP contribution in [0.1, 0.15) is 25.6 Å². The van der Waals surface area contributed by atoms with E-state index in [0.717, 1.165) is 38.3 Å². The van der Waals surface area contributed by atoms with Crippen LogP contribution in [0.15, 0.2) is 6.33 Å². The Morgan fingerprint density at radius 3 is 2.69 bits per heavy atom. The Bertz CT molecular complexity index is 328. The van der Waals surface area contributed by atoms with Gasteiger partial charge in [0, 0.05) is 7.05 Å². The summed E-state index contributed by atoms with van der Waals surface area (Å²) in [5.74, 6) is 1.48. The zero-order valence-electron chi connectivity index (χ0n) is 10.0. The third-order valence-corrected chi connectivity index (χ3v) is 3.48. The van der Waals surface area contributed by atoms with Crippen molar-refractivity contribution >= 4 is 0 Å². The van der Waals surface area contributed by atoms with Gasteiger partial charge in [-0.25, -0.2) is 4.98 Å². The normalized spacial score (nSPS) is 21.2. The summed E-state index contributed by atoms with van der Waals surface area (Å²) in [5, 5.41) is 13.6. The van der Waals surface area contributed by atoms with Crippen molar-refractivity contribution in [1.29, 1.82) is 0 Å². The van der Waals surface area contributed by atoms with E-state index in [1.807, 2.05) is 18.7 Å². The van der Waals surface area contributed by atoms with Gasteiger partial charge in [0.25, 0.3) is 0 Å². The molecule has 0 bridgehead atoms. The molecule has 0 saturated carbocycles. The van der Waals surface area contributed by atoms with Crippen LogP contribution in [-0.4, -0.2) is 44.0 Å². The second-order valence-electron chi connectivity index (χ2n) is 4.65. The summed E-state index contributed by atoms with van der Waals surface area (Å²) in [6.45, 7) is 4.84. The van der Waals surface area contributed by atoms with Gasteiger partial charge in [-0.2, -0.15) is 5.10 Å². The van der Waals surface area contributed by atoms with Crippen molar-refractivity contribution in [2.75, 3.05) is 13.1 Å². The van der Waals surface area contributed by atoms with E-state index in [-0.39, 0.29) is 6.10 Å². The van der Waals surface area contributed by atoms with Crippen molar-refractivity contribution in [2.24, 2.45) is 13.0 Å². The highest BCUT2D eigenvalue weighted by molar-refractivity contribution is 4.85. The molecule has 5 nitrogen and oxygen atoms in total. The van der Waals surface area contributed by atoms with Crippen LogP contribution in [0, 0.1) is 5.92 Å².